The number of methoxy groups -OCH3 is 1. The molecular formula is C22H19F2N3O2. The third-order valence-electron chi connectivity index (χ3n) is 4.74. The van der Waals surface area contributed by atoms with Gasteiger partial charge >= 0.3 is 6.61 Å². The Balaban J connectivity index is 1.74. The summed E-state index contributed by atoms with van der Waals surface area (Å²) in [4.78, 5) is 8.86. The van der Waals surface area contributed by atoms with Gasteiger partial charge in [-0.3, -0.25) is 0 Å². The Hall–Kier alpha value is -3.48. The first kappa shape index (κ1) is 18.9. The van der Waals surface area contributed by atoms with Crippen molar-refractivity contribution in [1.29, 1.82) is 0 Å². The molecule has 0 bridgehead atoms. The molecule has 0 unspecified atom stereocenters. The number of aromatic nitrogens is 3. The standard InChI is InChI=1S/C22H19F2N3O2/c1-14-26-18-9-7-15(16-8-10-21(28-2)25-12-16)11-19(18)27(14)13-17-5-3-4-6-20(17)29-22(23)24/h3-12,22H,13H2,1-2H3. The minimum atomic E-state index is -2.87. The lowest BCUT2D eigenvalue weighted by atomic mass is 10.1. The van der Waals surface area contributed by atoms with Crippen LogP contribution in [-0.2, 0) is 6.54 Å². The first-order chi connectivity index (χ1) is 14.0. The fraction of sp³-hybridized carbons (Fsp3) is 0.182. The average Bonchev–Trinajstić information content (AvgIpc) is 3.03. The van der Waals surface area contributed by atoms with Crippen LogP contribution in [0, 0.1) is 6.92 Å². The van der Waals surface area contributed by atoms with Crippen molar-refractivity contribution in [2.75, 3.05) is 7.11 Å². The SMILES string of the molecule is COc1ccc(-c2ccc3nc(C)n(Cc4ccccc4OC(F)F)c3c2)cn1. The van der Waals surface area contributed by atoms with E-state index < -0.39 is 6.61 Å². The lowest BCUT2D eigenvalue weighted by molar-refractivity contribution is -0.0504. The predicted octanol–water partition coefficient (Wildman–Crippen LogP) is 5.07. The van der Waals surface area contributed by atoms with E-state index in [0.29, 0.717) is 18.0 Å². The zero-order chi connectivity index (χ0) is 20.4. The topological polar surface area (TPSA) is 49.2 Å². The van der Waals surface area contributed by atoms with Gasteiger partial charge in [-0.25, -0.2) is 9.97 Å². The smallest absolute Gasteiger partial charge is 0.387 e. The second kappa shape index (κ2) is 7.87. The fourth-order valence-electron chi connectivity index (χ4n) is 3.31. The molecule has 29 heavy (non-hydrogen) atoms. The van der Waals surface area contributed by atoms with E-state index in [-0.39, 0.29) is 5.75 Å². The Morgan fingerprint density at radius 2 is 1.83 bits per heavy atom. The summed E-state index contributed by atoms with van der Waals surface area (Å²) in [5.41, 5.74) is 4.32. The van der Waals surface area contributed by atoms with Gasteiger partial charge in [-0.1, -0.05) is 24.3 Å². The monoisotopic (exact) mass is 395 g/mol. The molecule has 0 aliphatic rings. The van der Waals surface area contributed by atoms with Crippen molar-refractivity contribution in [3.8, 4) is 22.8 Å². The van der Waals surface area contributed by atoms with E-state index in [4.69, 9.17) is 4.74 Å². The second-order valence-electron chi connectivity index (χ2n) is 6.52. The quantitative estimate of drug-likeness (QED) is 0.458. The van der Waals surface area contributed by atoms with Gasteiger partial charge in [-0.2, -0.15) is 8.78 Å². The summed E-state index contributed by atoms with van der Waals surface area (Å²) in [7, 11) is 1.57. The first-order valence-electron chi connectivity index (χ1n) is 9.05. The van der Waals surface area contributed by atoms with E-state index in [1.807, 2.05) is 35.8 Å². The van der Waals surface area contributed by atoms with Crippen LogP contribution in [0.3, 0.4) is 0 Å². The summed E-state index contributed by atoms with van der Waals surface area (Å²) in [5, 5.41) is 0. The van der Waals surface area contributed by atoms with Crippen LogP contribution < -0.4 is 9.47 Å². The van der Waals surface area contributed by atoms with E-state index in [1.54, 1.807) is 43.6 Å². The molecule has 2 aromatic carbocycles. The van der Waals surface area contributed by atoms with Crippen LogP contribution in [0.5, 0.6) is 11.6 Å². The van der Waals surface area contributed by atoms with Gasteiger partial charge in [0.2, 0.25) is 5.88 Å². The number of benzene rings is 2. The van der Waals surface area contributed by atoms with Crippen LogP contribution in [0.1, 0.15) is 11.4 Å². The van der Waals surface area contributed by atoms with Crippen molar-refractivity contribution in [3.63, 3.8) is 0 Å². The van der Waals surface area contributed by atoms with E-state index in [9.17, 15) is 8.78 Å². The molecule has 4 aromatic rings. The lowest BCUT2D eigenvalue weighted by Crippen LogP contribution is -2.08. The molecule has 0 atom stereocenters. The van der Waals surface area contributed by atoms with E-state index in [2.05, 4.69) is 14.7 Å². The fourth-order valence-corrected chi connectivity index (χ4v) is 3.31. The van der Waals surface area contributed by atoms with Gasteiger partial charge in [-0.15, -0.1) is 0 Å². The van der Waals surface area contributed by atoms with Crippen LogP contribution in [-0.4, -0.2) is 28.3 Å². The summed E-state index contributed by atoms with van der Waals surface area (Å²) in [6.45, 7) is -0.605. The van der Waals surface area contributed by atoms with Gasteiger partial charge in [0.25, 0.3) is 0 Å². The molecule has 5 nitrogen and oxygen atoms in total. The number of nitrogens with zero attached hydrogens (tertiary/aromatic N) is 3. The van der Waals surface area contributed by atoms with Crippen molar-refractivity contribution in [1.82, 2.24) is 14.5 Å². The highest BCUT2D eigenvalue weighted by atomic mass is 19.3. The number of ether oxygens (including phenoxy) is 2. The molecule has 7 heteroatoms. The molecule has 0 saturated heterocycles. The van der Waals surface area contributed by atoms with Crippen LogP contribution in [0.15, 0.2) is 60.8 Å². The maximum absolute atomic E-state index is 12.8. The first-order valence-corrected chi connectivity index (χ1v) is 9.05. The van der Waals surface area contributed by atoms with Crippen molar-refractivity contribution in [3.05, 3.63) is 72.2 Å². The number of hydrogen-bond acceptors (Lipinski definition) is 4. The molecule has 0 radical (unpaired) electrons. The molecule has 2 aromatic heterocycles. The Kier molecular flexibility index (Phi) is 5.12. The summed E-state index contributed by atoms with van der Waals surface area (Å²) < 4.78 is 37.3. The normalized spacial score (nSPS) is 11.2. The van der Waals surface area contributed by atoms with Crippen LogP contribution >= 0.6 is 0 Å². The minimum Gasteiger partial charge on any atom is -0.481 e. The maximum atomic E-state index is 12.8. The highest BCUT2D eigenvalue weighted by Crippen LogP contribution is 2.28. The number of rotatable bonds is 6. The number of aryl methyl sites for hydroxylation is 1. The van der Waals surface area contributed by atoms with Crippen molar-refractivity contribution < 1.29 is 18.3 Å². The van der Waals surface area contributed by atoms with Gasteiger partial charge in [-0.05, 0) is 36.8 Å². The van der Waals surface area contributed by atoms with E-state index >= 15 is 0 Å². The summed E-state index contributed by atoms with van der Waals surface area (Å²) >= 11 is 0. The lowest BCUT2D eigenvalue weighted by Gasteiger charge is -2.13. The highest BCUT2D eigenvalue weighted by Gasteiger charge is 2.14. The summed E-state index contributed by atoms with van der Waals surface area (Å²) in [5.74, 6) is 1.50. The molecule has 2 heterocycles. The molecule has 0 aliphatic carbocycles. The summed E-state index contributed by atoms with van der Waals surface area (Å²) in [6.07, 6.45) is 1.75. The number of para-hydroxylation sites is 1. The van der Waals surface area contributed by atoms with Gasteiger partial charge in [0.1, 0.15) is 11.6 Å². The number of hydrogen-bond donors (Lipinski definition) is 0. The number of halogens is 2. The molecule has 4 rings (SSSR count). The molecule has 0 fully saturated rings. The molecule has 0 amide bonds. The number of fused-ring (bicyclic) bond motifs is 1. The molecular weight excluding hydrogens is 376 g/mol. The largest absolute Gasteiger partial charge is 0.481 e. The third kappa shape index (κ3) is 3.89. The van der Waals surface area contributed by atoms with Gasteiger partial charge in [0.05, 0.1) is 24.7 Å². The molecule has 0 saturated carbocycles. The maximum Gasteiger partial charge on any atom is 0.387 e. The Morgan fingerprint density at radius 1 is 1.03 bits per heavy atom. The zero-order valence-corrected chi connectivity index (χ0v) is 16.0. The summed E-state index contributed by atoms with van der Waals surface area (Å²) in [6, 6.07) is 16.5. The van der Waals surface area contributed by atoms with E-state index in [0.717, 1.165) is 28.0 Å². The van der Waals surface area contributed by atoms with Crippen LogP contribution in [0.25, 0.3) is 22.2 Å². The van der Waals surface area contributed by atoms with Crippen molar-refractivity contribution >= 4 is 11.0 Å². The average molecular weight is 395 g/mol. The van der Waals surface area contributed by atoms with Crippen LogP contribution in [0.2, 0.25) is 0 Å². The number of alkyl halides is 2. The molecule has 148 valence electrons. The van der Waals surface area contributed by atoms with Crippen molar-refractivity contribution in [2.24, 2.45) is 0 Å². The predicted molar refractivity (Wildman–Crippen MR) is 106 cm³/mol. The van der Waals surface area contributed by atoms with Gasteiger partial charge in [0.15, 0.2) is 0 Å². The zero-order valence-electron chi connectivity index (χ0n) is 16.0. The van der Waals surface area contributed by atoms with Gasteiger partial charge < -0.3 is 14.0 Å². The van der Waals surface area contributed by atoms with E-state index in [1.165, 1.54) is 0 Å². The van der Waals surface area contributed by atoms with Crippen LogP contribution in [0.4, 0.5) is 8.78 Å². The third-order valence-corrected chi connectivity index (χ3v) is 4.74. The minimum absolute atomic E-state index is 0.166. The number of pyridine rings is 1. The second-order valence-corrected chi connectivity index (χ2v) is 6.52. The number of imidazole rings is 1. The molecule has 0 spiro atoms. The Morgan fingerprint density at radius 3 is 2.55 bits per heavy atom. The van der Waals surface area contributed by atoms with Gasteiger partial charge in [0, 0.05) is 23.4 Å². The highest BCUT2D eigenvalue weighted by molar-refractivity contribution is 5.82. The molecule has 0 N–H and O–H groups in total. The van der Waals surface area contributed by atoms with Crippen molar-refractivity contribution in [2.45, 2.75) is 20.1 Å². The molecule has 0 aliphatic heterocycles. The Bertz CT molecular complexity index is 1140. The Labute approximate surface area is 166 Å².